The predicted molar refractivity (Wildman–Crippen MR) is 75.7 cm³/mol. The Hall–Kier alpha value is -1.13. The molecule has 0 aliphatic carbocycles. The van der Waals surface area contributed by atoms with Gasteiger partial charge in [-0.2, -0.15) is 0 Å². The Morgan fingerprint density at radius 1 is 1.37 bits per heavy atom. The number of nitrogens with two attached hydrogens (primary N) is 1. The first-order valence-electron chi connectivity index (χ1n) is 6.92. The van der Waals surface area contributed by atoms with Gasteiger partial charge in [-0.15, -0.1) is 0 Å². The van der Waals surface area contributed by atoms with Crippen LogP contribution in [0.4, 0.5) is 10.1 Å². The highest BCUT2D eigenvalue weighted by molar-refractivity contribution is 5.56. The third-order valence-corrected chi connectivity index (χ3v) is 3.89. The second kappa shape index (κ2) is 5.47. The molecule has 3 N–H and O–H groups in total. The summed E-state index contributed by atoms with van der Waals surface area (Å²) in [5.74, 6) is -0.226. The molecule has 1 aromatic carbocycles. The van der Waals surface area contributed by atoms with Crippen LogP contribution in [-0.4, -0.2) is 23.8 Å². The summed E-state index contributed by atoms with van der Waals surface area (Å²) in [5, 5.41) is 10.1. The lowest BCUT2D eigenvalue weighted by Crippen LogP contribution is -2.30. The Morgan fingerprint density at radius 2 is 2.11 bits per heavy atom. The average molecular weight is 266 g/mol. The molecule has 2 rings (SSSR count). The third-order valence-electron chi connectivity index (χ3n) is 3.89. The molecule has 3 nitrogen and oxygen atoms in total. The molecule has 1 unspecified atom stereocenters. The molecular weight excluding hydrogens is 243 g/mol. The van der Waals surface area contributed by atoms with Crippen LogP contribution in [0, 0.1) is 5.82 Å². The number of anilines is 1. The molecule has 2 atom stereocenters. The average Bonchev–Trinajstić information content (AvgIpc) is 2.50. The van der Waals surface area contributed by atoms with Gasteiger partial charge in [-0.1, -0.05) is 12.1 Å². The number of rotatable bonds is 2. The second-order valence-corrected chi connectivity index (χ2v) is 5.80. The van der Waals surface area contributed by atoms with Crippen molar-refractivity contribution in [3.63, 3.8) is 0 Å². The van der Waals surface area contributed by atoms with Crippen LogP contribution in [0.15, 0.2) is 18.2 Å². The maximum Gasteiger partial charge on any atom is 0.146 e. The van der Waals surface area contributed by atoms with Gasteiger partial charge in [-0.05, 0) is 44.7 Å². The zero-order chi connectivity index (χ0) is 14.0. The fourth-order valence-corrected chi connectivity index (χ4v) is 2.72. The highest BCUT2D eigenvalue weighted by atomic mass is 19.1. The fourth-order valence-electron chi connectivity index (χ4n) is 2.72. The zero-order valence-electron chi connectivity index (χ0n) is 11.7. The first-order valence-corrected chi connectivity index (χ1v) is 6.92. The molecule has 1 aliphatic rings. The number of benzene rings is 1. The fraction of sp³-hybridized carbons (Fsp3) is 0.600. The van der Waals surface area contributed by atoms with E-state index in [1.54, 1.807) is 6.07 Å². The molecule has 1 aromatic rings. The third kappa shape index (κ3) is 3.25. The summed E-state index contributed by atoms with van der Waals surface area (Å²) in [7, 11) is 0. The van der Waals surface area contributed by atoms with Gasteiger partial charge in [0.2, 0.25) is 0 Å². The maximum atomic E-state index is 14.2. The normalized spacial score (nSPS) is 26.1. The standard InChI is InChI=1S/C15H23FN2O/c1-11(17)12-5-3-6-13(16)14(12)18-9-4-7-15(2,19)8-10-18/h3,5-6,11,19H,4,7-10,17H2,1-2H3/t11-,15?/m1/s1. The van der Waals surface area contributed by atoms with Crippen LogP contribution >= 0.6 is 0 Å². The van der Waals surface area contributed by atoms with E-state index in [1.165, 1.54) is 6.07 Å². The van der Waals surface area contributed by atoms with Gasteiger partial charge in [0.15, 0.2) is 0 Å². The minimum absolute atomic E-state index is 0.200. The first kappa shape index (κ1) is 14.3. The number of hydrogen-bond acceptors (Lipinski definition) is 3. The van der Waals surface area contributed by atoms with Crippen LogP contribution in [0.2, 0.25) is 0 Å². The summed E-state index contributed by atoms with van der Waals surface area (Å²) >= 11 is 0. The molecule has 0 bridgehead atoms. The Bertz CT molecular complexity index is 446. The van der Waals surface area contributed by atoms with Gasteiger partial charge in [0.05, 0.1) is 11.3 Å². The second-order valence-electron chi connectivity index (χ2n) is 5.80. The monoisotopic (exact) mass is 266 g/mol. The zero-order valence-corrected chi connectivity index (χ0v) is 11.7. The van der Waals surface area contributed by atoms with Crippen molar-refractivity contribution in [2.45, 2.75) is 44.8 Å². The smallest absolute Gasteiger partial charge is 0.146 e. The summed E-state index contributed by atoms with van der Waals surface area (Å²) in [6.07, 6.45) is 2.27. The molecular formula is C15H23FN2O. The SMILES string of the molecule is C[C@@H](N)c1cccc(F)c1N1CCCC(C)(O)CC1. The van der Waals surface area contributed by atoms with E-state index in [4.69, 9.17) is 5.73 Å². The number of nitrogens with zero attached hydrogens (tertiary/aromatic N) is 1. The van der Waals surface area contributed by atoms with Gasteiger partial charge >= 0.3 is 0 Å². The summed E-state index contributed by atoms with van der Waals surface area (Å²) in [6.45, 7) is 5.14. The molecule has 0 radical (unpaired) electrons. The van der Waals surface area contributed by atoms with E-state index in [1.807, 2.05) is 24.8 Å². The molecule has 1 fully saturated rings. The van der Waals surface area contributed by atoms with Crippen molar-refractivity contribution in [2.75, 3.05) is 18.0 Å². The molecule has 0 amide bonds. The maximum absolute atomic E-state index is 14.2. The summed E-state index contributed by atoms with van der Waals surface area (Å²) in [4.78, 5) is 2.02. The predicted octanol–water partition coefficient (Wildman–Crippen LogP) is 2.59. The van der Waals surface area contributed by atoms with Gasteiger partial charge in [-0.3, -0.25) is 0 Å². The quantitative estimate of drug-likeness (QED) is 0.865. The van der Waals surface area contributed by atoms with E-state index < -0.39 is 5.60 Å². The lowest BCUT2D eigenvalue weighted by molar-refractivity contribution is 0.0481. The molecule has 1 aliphatic heterocycles. The van der Waals surface area contributed by atoms with Crippen molar-refractivity contribution in [3.8, 4) is 0 Å². The van der Waals surface area contributed by atoms with Crippen LogP contribution in [0.3, 0.4) is 0 Å². The molecule has 106 valence electrons. The van der Waals surface area contributed by atoms with Gasteiger partial charge in [-0.25, -0.2) is 4.39 Å². The lowest BCUT2D eigenvalue weighted by atomic mass is 9.98. The Balaban J connectivity index is 2.31. The molecule has 1 saturated heterocycles. The van der Waals surface area contributed by atoms with Crippen molar-refractivity contribution < 1.29 is 9.50 Å². The van der Waals surface area contributed by atoms with Crippen LogP contribution < -0.4 is 10.6 Å². The Labute approximate surface area is 114 Å². The molecule has 1 heterocycles. The Kier molecular flexibility index (Phi) is 4.11. The topological polar surface area (TPSA) is 49.5 Å². The summed E-state index contributed by atoms with van der Waals surface area (Å²) in [6, 6.07) is 4.86. The minimum Gasteiger partial charge on any atom is -0.390 e. The Morgan fingerprint density at radius 3 is 2.79 bits per heavy atom. The highest BCUT2D eigenvalue weighted by Crippen LogP contribution is 2.32. The highest BCUT2D eigenvalue weighted by Gasteiger charge is 2.27. The van der Waals surface area contributed by atoms with E-state index in [2.05, 4.69) is 0 Å². The van der Waals surface area contributed by atoms with E-state index in [9.17, 15) is 9.50 Å². The van der Waals surface area contributed by atoms with Crippen LogP contribution in [-0.2, 0) is 0 Å². The molecule has 4 heteroatoms. The van der Waals surface area contributed by atoms with Crippen molar-refractivity contribution in [3.05, 3.63) is 29.6 Å². The van der Waals surface area contributed by atoms with Crippen molar-refractivity contribution in [1.29, 1.82) is 0 Å². The largest absolute Gasteiger partial charge is 0.390 e. The molecule has 0 aromatic heterocycles. The summed E-state index contributed by atoms with van der Waals surface area (Å²) in [5.41, 5.74) is 6.74. The van der Waals surface area contributed by atoms with E-state index in [0.717, 1.165) is 24.9 Å². The molecule has 0 spiro atoms. The van der Waals surface area contributed by atoms with Gasteiger partial charge in [0.1, 0.15) is 5.82 Å². The lowest BCUT2D eigenvalue weighted by Gasteiger charge is -2.28. The minimum atomic E-state index is -0.644. The summed E-state index contributed by atoms with van der Waals surface area (Å²) < 4.78 is 14.2. The van der Waals surface area contributed by atoms with E-state index in [-0.39, 0.29) is 11.9 Å². The van der Waals surface area contributed by atoms with E-state index >= 15 is 0 Å². The van der Waals surface area contributed by atoms with Gasteiger partial charge in [0.25, 0.3) is 0 Å². The molecule has 0 saturated carbocycles. The molecule has 19 heavy (non-hydrogen) atoms. The van der Waals surface area contributed by atoms with Crippen molar-refractivity contribution >= 4 is 5.69 Å². The number of hydrogen-bond donors (Lipinski definition) is 2. The first-order chi connectivity index (χ1) is 8.91. The van der Waals surface area contributed by atoms with Gasteiger partial charge < -0.3 is 15.7 Å². The van der Waals surface area contributed by atoms with Crippen LogP contribution in [0.1, 0.15) is 44.7 Å². The number of aliphatic hydroxyl groups is 1. The van der Waals surface area contributed by atoms with Crippen molar-refractivity contribution in [1.82, 2.24) is 0 Å². The van der Waals surface area contributed by atoms with E-state index in [0.29, 0.717) is 18.7 Å². The number of para-hydroxylation sites is 1. The number of halogens is 1. The van der Waals surface area contributed by atoms with Crippen LogP contribution in [0.5, 0.6) is 0 Å². The van der Waals surface area contributed by atoms with Crippen molar-refractivity contribution in [2.24, 2.45) is 5.73 Å². The van der Waals surface area contributed by atoms with Crippen LogP contribution in [0.25, 0.3) is 0 Å². The van der Waals surface area contributed by atoms with Gasteiger partial charge in [0, 0.05) is 19.1 Å².